The van der Waals surface area contributed by atoms with Crippen molar-refractivity contribution in [2.45, 2.75) is 12.5 Å². The van der Waals surface area contributed by atoms with Gasteiger partial charge in [-0.1, -0.05) is 5.16 Å². The van der Waals surface area contributed by atoms with Crippen molar-refractivity contribution in [2.24, 2.45) is 0 Å². The van der Waals surface area contributed by atoms with Gasteiger partial charge in [-0.05, 0) is 0 Å². The van der Waals surface area contributed by atoms with Crippen molar-refractivity contribution in [2.75, 3.05) is 25.2 Å². The normalized spacial score (nSPS) is 18.9. The summed E-state index contributed by atoms with van der Waals surface area (Å²) in [6.07, 6.45) is 2.16. The van der Waals surface area contributed by atoms with Crippen LogP contribution in [0.25, 0.3) is 11.5 Å². The predicted molar refractivity (Wildman–Crippen MR) is 74.7 cm³/mol. The maximum atomic E-state index is 5.28. The first-order chi connectivity index (χ1) is 9.85. The Labute approximate surface area is 120 Å². The van der Waals surface area contributed by atoms with E-state index >= 15 is 0 Å². The van der Waals surface area contributed by atoms with E-state index in [2.05, 4.69) is 25.4 Å². The van der Waals surface area contributed by atoms with Crippen molar-refractivity contribution in [1.82, 2.24) is 25.4 Å². The van der Waals surface area contributed by atoms with Crippen LogP contribution in [-0.4, -0.2) is 51.3 Å². The number of nitrogens with one attached hydrogen (secondary N) is 1. The van der Waals surface area contributed by atoms with Crippen LogP contribution in [0, 0.1) is 0 Å². The lowest BCUT2D eigenvalue weighted by atomic mass is 10.2. The van der Waals surface area contributed by atoms with Gasteiger partial charge in [0.05, 0.1) is 7.11 Å². The second-order valence-corrected chi connectivity index (χ2v) is 5.54. The number of hydrogen-bond acceptors (Lipinski definition) is 8. The summed E-state index contributed by atoms with van der Waals surface area (Å²) < 4.78 is 10.3. The summed E-state index contributed by atoms with van der Waals surface area (Å²) in [5.41, 5.74) is 0.595. The van der Waals surface area contributed by atoms with E-state index in [4.69, 9.17) is 9.26 Å². The number of hydrogen-bond donors (Lipinski definition) is 1. The van der Waals surface area contributed by atoms with Gasteiger partial charge in [0.25, 0.3) is 0 Å². The molecule has 1 atom stereocenters. The standard InChI is InChI=1S/C12H15N5O2S/c1-18-10-5-9(14-7-15-10)12-16-11(19-17-12)4-8-6-20-3-2-13-8/h5,7-8,13H,2-4,6H2,1H3. The Balaban J connectivity index is 1.72. The van der Waals surface area contributed by atoms with E-state index in [1.807, 2.05) is 11.8 Å². The molecule has 0 spiro atoms. The zero-order valence-corrected chi connectivity index (χ0v) is 11.9. The van der Waals surface area contributed by atoms with Crippen LogP contribution in [0.4, 0.5) is 0 Å². The second-order valence-electron chi connectivity index (χ2n) is 4.39. The van der Waals surface area contributed by atoms with Gasteiger partial charge in [0.1, 0.15) is 12.0 Å². The lowest BCUT2D eigenvalue weighted by Gasteiger charge is -2.21. The van der Waals surface area contributed by atoms with Crippen LogP contribution in [0.2, 0.25) is 0 Å². The molecule has 1 aliphatic heterocycles. The summed E-state index contributed by atoms with van der Waals surface area (Å²) in [5.74, 6) is 3.79. The van der Waals surface area contributed by atoms with Crippen molar-refractivity contribution < 1.29 is 9.26 Å². The molecule has 3 heterocycles. The smallest absolute Gasteiger partial charge is 0.228 e. The lowest BCUT2D eigenvalue weighted by Crippen LogP contribution is -2.38. The first-order valence-corrected chi connectivity index (χ1v) is 7.51. The third kappa shape index (κ3) is 3.07. The molecule has 106 valence electrons. The molecule has 1 saturated heterocycles. The summed E-state index contributed by atoms with van der Waals surface area (Å²) >= 11 is 1.94. The number of methoxy groups -OCH3 is 1. The number of aromatic nitrogens is 4. The lowest BCUT2D eigenvalue weighted by molar-refractivity contribution is 0.363. The van der Waals surface area contributed by atoms with E-state index in [9.17, 15) is 0 Å². The summed E-state index contributed by atoms with van der Waals surface area (Å²) in [6.45, 7) is 1.03. The molecule has 1 aliphatic rings. The summed E-state index contributed by atoms with van der Waals surface area (Å²) in [6, 6.07) is 2.07. The monoisotopic (exact) mass is 293 g/mol. The van der Waals surface area contributed by atoms with Crippen molar-refractivity contribution in [3.05, 3.63) is 18.3 Å². The molecule has 0 aliphatic carbocycles. The Bertz CT molecular complexity index is 570. The van der Waals surface area contributed by atoms with E-state index in [-0.39, 0.29) is 0 Å². The molecular formula is C12H15N5O2S. The van der Waals surface area contributed by atoms with E-state index in [1.54, 1.807) is 13.2 Å². The quantitative estimate of drug-likeness (QED) is 0.885. The molecular weight excluding hydrogens is 278 g/mol. The fourth-order valence-electron chi connectivity index (χ4n) is 1.98. The average Bonchev–Trinajstić information content (AvgIpc) is 2.97. The van der Waals surface area contributed by atoms with Gasteiger partial charge in [0.15, 0.2) is 0 Å². The maximum Gasteiger partial charge on any atom is 0.228 e. The Morgan fingerprint density at radius 1 is 1.50 bits per heavy atom. The molecule has 0 saturated carbocycles. The van der Waals surface area contributed by atoms with Crippen LogP contribution in [0.1, 0.15) is 5.89 Å². The minimum atomic E-state index is 0.391. The minimum absolute atomic E-state index is 0.391. The van der Waals surface area contributed by atoms with E-state index in [0.29, 0.717) is 29.3 Å². The molecule has 0 radical (unpaired) electrons. The average molecular weight is 293 g/mol. The molecule has 0 bridgehead atoms. The summed E-state index contributed by atoms with van der Waals surface area (Å²) in [4.78, 5) is 12.5. The van der Waals surface area contributed by atoms with Gasteiger partial charge in [0, 0.05) is 36.6 Å². The summed E-state index contributed by atoms with van der Waals surface area (Å²) in [5, 5.41) is 7.40. The highest BCUT2D eigenvalue weighted by Crippen LogP contribution is 2.18. The van der Waals surface area contributed by atoms with E-state index < -0.39 is 0 Å². The fourth-order valence-corrected chi connectivity index (χ4v) is 2.93. The van der Waals surface area contributed by atoms with Gasteiger partial charge < -0.3 is 14.6 Å². The molecule has 8 heteroatoms. The topological polar surface area (TPSA) is 86.0 Å². The zero-order valence-electron chi connectivity index (χ0n) is 11.1. The number of thioether (sulfide) groups is 1. The first-order valence-electron chi connectivity index (χ1n) is 6.35. The molecule has 0 aromatic carbocycles. The molecule has 1 fully saturated rings. The van der Waals surface area contributed by atoms with Crippen molar-refractivity contribution in [1.29, 1.82) is 0 Å². The van der Waals surface area contributed by atoms with Crippen molar-refractivity contribution in [3.8, 4) is 17.4 Å². The van der Waals surface area contributed by atoms with Gasteiger partial charge in [-0.25, -0.2) is 9.97 Å². The SMILES string of the molecule is COc1cc(-c2noc(CC3CSCCN3)n2)ncn1. The molecule has 3 rings (SSSR count). The highest BCUT2D eigenvalue weighted by Gasteiger charge is 2.18. The third-order valence-electron chi connectivity index (χ3n) is 2.97. The van der Waals surface area contributed by atoms with Gasteiger partial charge in [-0.3, -0.25) is 0 Å². The molecule has 2 aromatic heterocycles. The van der Waals surface area contributed by atoms with Crippen molar-refractivity contribution >= 4 is 11.8 Å². The number of ether oxygens (including phenoxy) is 1. The predicted octanol–water partition coefficient (Wildman–Crippen LogP) is 0.783. The minimum Gasteiger partial charge on any atom is -0.481 e. The Hall–Kier alpha value is -1.67. The Morgan fingerprint density at radius 2 is 2.45 bits per heavy atom. The van der Waals surface area contributed by atoms with Crippen LogP contribution in [0.5, 0.6) is 5.88 Å². The van der Waals surface area contributed by atoms with Crippen LogP contribution >= 0.6 is 11.8 Å². The zero-order chi connectivity index (χ0) is 13.8. The number of rotatable bonds is 4. The third-order valence-corrected chi connectivity index (χ3v) is 4.10. The molecule has 20 heavy (non-hydrogen) atoms. The Kier molecular flexibility index (Phi) is 4.12. The highest BCUT2D eigenvalue weighted by molar-refractivity contribution is 7.99. The fraction of sp³-hybridized carbons (Fsp3) is 0.500. The molecule has 0 amide bonds. The highest BCUT2D eigenvalue weighted by atomic mass is 32.2. The first kappa shape index (κ1) is 13.3. The Morgan fingerprint density at radius 3 is 3.25 bits per heavy atom. The van der Waals surface area contributed by atoms with Gasteiger partial charge in [0.2, 0.25) is 17.6 Å². The van der Waals surface area contributed by atoms with Gasteiger partial charge in [-0.2, -0.15) is 16.7 Å². The van der Waals surface area contributed by atoms with Crippen LogP contribution < -0.4 is 10.1 Å². The van der Waals surface area contributed by atoms with Gasteiger partial charge >= 0.3 is 0 Å². The molecule has 1 N–H and O–H groups in total. The van der Waals surface area contributed by atoms with Crippen molar-refractivity contribution in [3.63, 3.8) is 0 Å². The van der Waals surface area contributed by atoms with Gasteiger partial charge in [-0.15, -0.1) is 0 Å². The number of nitrogens with zero attached hydrogens (tertiary/aromatic N) is 4. The van der Waals surface area contributed by atoms with E-state index in [0.717, 1.165) is 24.5 Å². The van der Waals surface area contributed by atoms with E-state index in [1.165, 1.54) is 6.33 Å². The maximum absolute atomic E-state index is 5.28. The molecule has 1 unspecified atom stereocenters. The summed E-state index contributed by atoms with van der Waals surface area (Å²) in [7, 11) is 1.56. The van der Waals surface area contributed by atoms with Crippen LogP contribution in [0.15, 0.2) is 16.9 Å². The van der Waals surface area contributed by atoms with Crippen LogP contribution in [-0.2, 0) is 6.42 Å². The largest absolute Gasteiger partial charge is 0.481 e. The second kappa shape index (κ2) is 6.19. The van der Waals surface area contributed by atoms with Crippen LogP contribution in [0.3, 0.4) is 0 Å². The molecule has 2 aromatic rings. The molecule has 7 nitrogen and oxygen atoms in total.